The van der Waals surface area contributed by atoms with Crippen LogP contribution in [0.3, 0.4) is 0 Å². The van der Waals surface area contributed by atoms with Crippen LogP contribution in [0.1, 0.15) is 78.6 Å². The van der Waals surface area contributed by atoms with Crippen molar-refractivity contribution in [2.24, 2.45) is 45.6 Å². The monoisotopic (exact) mass is 433 g/mol. The summed E-state index contributed by atoms with van der Waals surface area (Å²) >= 11 is 0. The molecule has 4 aliphatic rings. The van der Waals surface area contributed by atoms with Crippen molar-refractivity contribution in [2.45, 2.75) is 84.7 Å². The van der Waals surface area contributed by atoms with E-state index in [-0.39, 0.29) is 11.5 Å². The van der Waals surface area contributed by atoms with Crippen LogP contribution in [0.4, 0.5) is 4.79 Å². The van der Waals surface area contributed by atoms with E-state index in [0.717, 1.165) is 42.7 Å². The summed E-state index contributed by atoms with van der Waals surface area (Å²) in [6.45, 7) is 8.32. The average molecular weight is 434 g/mol. The molecule has 0 aromatic rings. The van der Waals surface area contributed by atoms with Gasteiger partial charge in [-0.05, 0) is 106 Å². The summed E-state index contributed by atoms with van der Waals surface area (Å²) in [4.78, 5) is 17.1. The molecular weight excluding hydrogens is 390 g/mol. The molecule has 31 heavy (non-hydrogen) atoms. The predicted molar refractivity (Wildman–Crippen MR) is 123 cm³/mol. The molecule has 0 aromatic heterocycles. The number of nitrogens with one attached hydrogen (secondary N) is 2. The molecule has 1 amide bonds. The Labute approximate surface area is 187 Å². The van der Waals surface area contributed by atoms with Crippen LogP contribution < -0.4 is 10.6 Å². The molecule has 4 fully saturated rings. The topological polar surface area (TPSA) is 83.0 Å². The summed E-state index contributed by atoms with van der Waals surface area (Å²) in [5.41, 5.74) is 1.66. The number of oxime groups is 1. The number of aliphatic hydroxyl groups is 1. The summed E-state index contributed by atoms with van der Waals surface area (Å²) in [6.07, 6.45) is 10.2. The zero-order valence-electron chi connectivity index (χ0n) is 20.0. The third-order valence-corrected chi connectivity index (χ3v) is 10.1. The van der Waals surface area contributed by atoms with E-state index in [9.17, 15) is 9.90 Å². The van der Waals surface area contributed by atoms with Gasteiger partial charge in [-0.2, -0.15) is 0 Å². The van der Waals surface area contributed by atoms with Crippen molar-refractivity contribution in [3.05, 3.63) is 0 Å². The predicted octanol–water partition coefficient (Wildman–Crippen LogP) is 4.33. The minimum absolute atomic E-state index is 0.0753. The fourth-order valence-electron chi connectivity index (χ4n) is 8.42. The van der Waals surface area contributed by atoms with Crippen LogP contribution in [0.5, 0.6) is 0 Å². The Morgan fingerprint density at radius 2 is 1.77 bits per heavy atom. The van der Waals surface area contributed by atoms with Gasteiger partial charge in [0.15, 0.2) is 0 Å². The van der Waals surface area contributed by atoms with E-state index in [2.05, 4.69) is 29.6 Å². The van der Waals surface area contributed by atoms with Crippen LogP contribution in [0.2, 0.25) is 0 Å². The zero-order chi connectivity index (χ0) is 22.2. The van der Waals surface area contributed by atoms with Gasteiger partial charge in [0.1, 0.15) is 0 Å². The number of likely N-dealkylation sites (N-methyl/N-ethyl adjacent to an activating group) is 1. The number of fused-ring (bicyclic) bond motifs is 5. The van der Waals surface area contributed by atoms with Gasteiger partial charge < -0.3 is 15.7 Å². The molecule has 0 aliphatic heterocycles. The largest absolute Gasteiger partial charge is 0.433 e. The Bertz CT molecular complexity index is 697. The van der Waals surface area contributed by atoms with E-state index < -0.39 is 6.09 Å². The highest BCUT2D eigenvalue weighted by atomic mass is 16.7. The van der Waals surface area contributed by atoms with Crippen molar-refractivity contribution in [1.29, 1.82) is 0 Å². The molecule has 0 unspecified atom stereocenters. The maximum Gasteiger partial charge on any atom is 0.433 e. The SMILES string of the molecule is CNCCNC(=O)O/N=C(\C)[C@H]1CC[C@H]2[C@@H]3CC[C@H]4C[C@H](O)CC[C@]4(C)[C@H]3CC[C@]12C. The summed E-state index contributed by atoms with van der Waals surface area (Å²) in [7, 11) is 1.85. The minimum atomic E-state index is -0.469. The van der Waals surface area contributed by atoms with Crippen LogP contribution in [-0.4, -0.2) is 43.2 Å². The Kier molecular flexibility index (Phi) is 6.69. The molecule has 6 heteroatoms. The highest BCUT2D eigenvalue weighted by Gasteiger charge is 2.60. The van der Waals surface area contributed by atoms with Crippen molar-refractivity contribution in [3.8, 4) is 0 Å². The summed E-state index contributed by atoms with van der Waals surface area (Å²) < 4.78 is 0. The molecule has 3 N–H and O–H groups in total. The van der Waals surface area contributed by atoms with Gasteiger partial charge in [0.05, 0.1) is 11.8 Å². The van der Waals surface area contributed by atoms with E-state index in [1.54, 1.807) is 0 Å². The molecule has 8 atom stereocenters. The van der Waals surface area contributed by atoms with E-state index in [0.29, 0.717) is 30.3 Å². The van der Waals surface area contributed by atoms with E-state index in [4.69, 9.17) is 4.84 Å². The normalized spacial score (nSPS) is 44.7. The fraction of sp³-hybridized carbons (Fsp3) is 0.920. The Morgan fingerprint density at radius 1 is 1.03 bits per heavy atom. The molecule has 0 aromatic carbocycles. The lowest BCUT2D eigenvalue weighted by Crippen LogP contribution is -2.54. The van der Waals surface area contributed by atoms with Crippen molar-refractivity contribution in [3.63, 3.8) is 0 Å². The third kappa shape index (κ3) is 4.15. The standard InChI is InChI=1S/C25H43N3O3/c1-16(28-31-23(30)27-14-13-26-4)20-7-8-21-19-6-5-17-15-18(29)9-11-24(17,2)22(19)10-12-25(20,21)3/h17-22,26,29H,5-15H2,1-4H3,(H,27,30)/b28-16+/t17-,18+,19-,20+,21-,22-,24-,25+/m0/s1. The van der Waals surface area contributed by atoms with Gasteiger partial charge in [-0.15, -0.1) is 0 Å². The van der Waals surface area contributed by atoms with Crippen LogP contribution in [0.15, 0.2) is 5.16 Å². The van der Waals surface area contributed by atoms with Crippen molar-refractivity contribution in [1.82, 2.24) is 10.6 Å². The van der Waals surface area contributed by atoms with Crippen LogP contribution in [0, 0.1) is 40.4 Å². The number of hydrogen-bond acceptors (Lipinski definition) is 5. The molecule has 0 spiro atoms. The number of carbonyl (C=O) groups is 1. The number of amides is 1. The number of rotatable bonds is 5. The molecule has 176 valence electrons. The summed E-state index contributed by atoms with van der Waals surface area (Å²) in [6, 6.07) is 0. The molecule has 4 saturated carbocycles. The van der Waals surface area contributed by atoms with Gasteiger partial charge in [0, 0.05) is 19.0 Å². The fourth-order valence-corrected chi connectivity index (χ4v) is 8.42. The van der Waals surface area contributed by atoms with E-state index in [1.807, 2.05) is 14.0 Å². The first kappa shape index (κ1) is 23.0. The van der Waals surface area contributed by atoms with Crippen LogP contribution >= 0.6 is 0 Å². The molecule has 0 radical (unpaired) electrons. The Hall–Kier alpha value is -1.14. The van der Waals surface area contributed by atoms with Crippen molar-refractivity contribution in [2.75, 3.05) is 20.1 Å². The first-order valence-electron chi connectivity index (χ1n) is 12.6. The second-order valence-electron chi connectivity index (χ2n) is 11.4. The number of nitrogens with zero attached hydrogens (tertiary/aromatic N) is 1. The van der Waals surface area contributed by atoms with Crippen molar-refractivity contribution < 1.29 is 14.7 Å². The maximum absolute atomic E-state index is 11.9. The first-order valence-corrected chi connectivity index (χ1v) is 12.6. The van der Waals surface area contributed by atoms with Gasteiger partial charge in [0.2, 0.25) is 0 Å². The molecule has 4 rings (SSSR count). The molecule has 4 aliphatic carbocycles. The maximum atomic E-state index is 11.9. The van der Waals surface area contributed by atoms with E-state index in [1.165, 1.54) is 38.5 Å². The first-order chi connectivity index (χ1) is 14.8. The van der Waals surface area contributed by atoms with Gasteiger partial charge >= 0.3 is 6.09 Å². The lowest BCUT2D eigenvalue weighted by molar-refractivity contribution is -0.123. The van der Waals surface area contributed by atoms with Crippen LogP contribution in [0.25, 0.3) is 0 Å². The molecule has 0 bridgehead atoms. The van der Waals surface area contributed by atoms with Gasteiger partial charge in [0.25, 0.3) is 0 Å². The van der Waals surface area contributed by atoms with Gasteiger partial charge in [-0.25, -0.2) is 4.79 Å². The minimum Gasteiger partial charge on any atom is -0.393 e. The summed E-state index contributed by atoms with van der Waals surface area (Å²) in [5.74, 6) is 3.47. The highest BCUT2D eigenvalue weighted by Crippen LogP contribution is 2.67. The van der Waals surface area contributed by atoms with Crippen molar-refractivity contribution >= 4 is 11.8 Å². The Balaban J connectivity index is 1.43. The van der Waals surface area contributed by atoms with E-state index >= 15 is 0 Å². The second kappa shape index (κ2) is 9.01. The second-order valence-corrected chi connectivity index (χ2v) is 11.4. The van der Waals surface area contributed by atoms with Gasteiger partial charge in [-0.1, -0.05) is 19.0 Å². The zero-order valence-corrected chi connectivity index (χ0v) is 20.0. The quantitative estimate of drug-likeness (QED) is 0.261. The summed E-state index contributed by atoms with van der Waals surface area (Å²) in [5, 5.41) is 20.2. The number of aliphatic hydroxyl groups excluding tert-OH is 1. The average Bonchev–Trinajstić information content (AvgIpc) is 3.10. The van der Waals surface area contributed by atoms with Gasteiger partial charge in [-0.3, -0.25) is 4.84 Å². The van der Waals surface area contributed by atoms with Crippen LogP contribution in [-0.2, 0) is 4.84 Å². The molecule has 6 nitrogen and oxygen atoms in total. The third-order valence-electron chi connectivity index (χ3n) is 10.1. The lowest BCUT2D eigenvalue weighted by Gasteiger charge is -2.61. The lowest BCUT2D eigenvalue weighted by atomic mass is 9.44. The molecule has 0 heterocycles. The molecular formula is C25H43N3O3. The highest BCUT2D eigenvalue weighted by molar-refractivity contribution is 5.85. The number of hydrogen-bond donors (Lipinski definition) is 3. The Morgan fingerprint density at radius 3 is 2.55 bits per heavy atom. The number of carbonyl (C=O) groups excluding carboxylic acids is 1. The smallest absolute Gasteiger partial charge is 0.393 e. The molecule has 0 saturated heterocycles.